The second-order valence-electron chi connectivity index (χ2n) is 6.85. The van der Waals surface area contributed by atoms with Crippen LogP contribution >= 0.6 is 0 Å². The van der Waals surface area contributed by atoms with Crippen LogP contribution in [0.2, 0.25) is 0 Å². The highest BCUT2D eigenvalue weighted by molar-refractivity contribution is 5.94. The Morgan fingerprint density at radius 1 is 1.12 bits per heavy atom. The lowest BCUT2D eigenvalue weighted by Gasteiger charge is -2.22. The summed E-state index contributed by atoms with van der Waals surface area (Å²) >= 11 is 0. The molecule has 132 valence electrons. The molecule has 4 rings (SSSR count). The Morgan fingerprint density at radius 3 is 2.69 bits per heavy atom. The third-order valence-corrected chi connectivity index (χ3v) is 4.82. The normalized spacial score (nSPS) is 16.8. The lowest BCUT2D eigenvalue weighted by atomic mass is 10.1. The number of hydrogen-bond donors (Lipinski definition) is 0. The van der Waals surface area contributed by atoms with Gasteiger partial charge in [0.15, 0.2) is 0 Å². The average Bonchev–Trinajstić information content (AvgIpc) is 3.31. The van der Waals surface area contributed by atoms with Crippen molar-refractivity contribution in [3.63, 3.8) is 0 Å². The summed E-state index contributed by atoms with van der Waals surface area (Å²) in [6.07, 6.45) is 1.78. The first kappa shape index (κ1) is 16.5. The highest BCUT2D eigenvalue weighted by Gasteiger charge is 2.34. The van der Waals surface area contributed by atoms with Gasteiger partial charge >= 0.3 is 0 Å². The van der Waals surface area contributed by atoms with E-state index < -0.39 is 0 Å². The number of hydrogen-bond acceptors (Lipinski definition) is 4. The van der Waals surface area contributed by atoms with Crippen molar-refractivity contribution in [2.24, 2.45) is 0 Å². The molecule has 1 saturated heterocycles. The summed E-state index contributed by atoms with van der Waals surface area (Å²) in [6.45, 7) is 4.75. The number of likely N-dealkylation sites (tertiary alicyclic amines) is 1. The van der Waals surface area contributed by atoms with Crippen LogP contribution in [0.4, 0.5) is 0 Å². The van der Waals surface area contributed by atoms with Crippen molar-refractivity contribution in [1.29, 1.82) is 0 Å². The van der Waals surface area contributed by atoms with Crippen LogP contribution in [0.3, 0.4) is 0 Å². The van der Waals surface area contributed by atoms with E-state index in [4.69, 9.17) is 4.52 Å². The fourth-order valence-corrected chi connectivity index (χ4v) is 3.40. The molecule has 5 heteroatoms. The summed E-state index contributed by atoms with van der Waals surface area (Å²) < 4.78 is 5.52. The molecule has 0 bridgehead atoms. The van der Waals surface area contributed by atoms with E-state index in [1.165, 1.54) is 0 Å². The second kappa shape index (κ2) is 6.75. The van der Waals surface area contributed by atoms with Gasteiger partial charge in [-0.1, -0.05) is 46.6 Å². The summed E-state index contributed by atoms with van der Waals surface area (Å²) in [5.74, 6) is 1.10. The van der Waals surface area contributed by atoms with E-state index in [0.29, 0.717) is 23.8 Å². The van der Waals surface area contributed by atoms with Gasteiger partial charge in [-0.2, -0.15) is 4.98 Å². The van der Waals surface area contributed by atoms with E-state index in [2.05, 4.69) is 10.1 Å². The van der Waals surface area contributed by atoms with Crippen molar-refractivity contribution in [1.82, 2.24) is 15.0 Å². The van der Waals surface area contributed by atoms with E-state index in [1.54, 1.807) is 0 Å². The van der Waals surface area contributed by atoms with Crippen LogP contribution in [-0.2, 0) is 0 Å². The predicted octanol–water partition coefficient (Wildman–Crippen LogP) is 4.33. The Kier molecular flexibility index (Phi) is 4.29. The minimum atomic E-state index is -0.158. The minimum Gasteiger partial charge on any atom is -0.337 e. The molecule has 2 aromatic carbocycles. The highest BCUT2D eigenvalue weighted by atomic mass is 16.5. The molecule has 1 atom stereocenters. The molecule has 0 unspecified atom stereocenters. The molecule has 0 N–H and O–H groups in total. The van der Waals surface area contributed by atoms with Crippen LogP contribution in [-0.4, -0.2) is 27.5 Å². The first-order chi connectivity index (χ1) is 12.6. The standard InChI is InChI=1S/C21H21N3O2/c1-14-8-10-16(11-9-14)21(25)24-12-4-7-18(24)20-22-19(23-26-20)17-6-3-5-15(2)13-17/h3,5-6,8-11,13,18H,4,7,12H2,1-2H3/t18-/m0/s1. The van der Waals surface area contributed by atoms with Gasteiger partial charge < -0.3 is 9.42 Å². The molecule has 26 heavy (non-hydrogen) atoms. The molecule has 1 aromatic heterocycles. The van der Waals surface area contributed by atoms with Gasteiger partial charge in [-0.15, -0.1) is 0 Å². The van der Waals surface area contributed by atoms with Crippen LogP contribution in [0, 0.1) is 13.8 Å². The number of aryl methyl sites for hydroxylation is 2. The zero-order valence-corrected chi connectivity index (χ0v) is 15.0. The van der Waals surface area contributed by atoms with E-state index in [1.807, 2.05) is 67.3 Å². The fraction of sp³-hybridized carbons (Fsp3) is 0.286. The Morgan fingerprint density at radius 2 is 1.92 bits per heavy atom. The van der Waals surface area contributed by atoms with Crippen molar-refractivity contribution in [2.45, 2.75) is 32.7 Å². The smallest absolute Gasteiger partial charge is 0.254 e. The molecule has 0 spiro atoms. The van der Waals surface area contributed by atoms with Gasteiger partial charge in [-0.3, -0.25) is 4.79 Å². The van der Waals surface area contributed by atoms with Crippen molar-refractivity contribution in [3.05, 3.63) is 71.1 Å². The molecule has 0 saturated carbocycles. The zero-order chi connectivity index (χ0) is 18.1. The quantitative estimate of drug-likeness (QED) is 0.707. The third kappa shape index (κ3) is 3.12. The summed E-state index contributed by atoms with van der Waals surface area (Å²) in [5.41, 5.74) is 3.90. The van der Waals surface area contributed by atoms with E-state index >= 15 is 0 Å². The summed E-state index contributed by atoms with van der Waals surface area (Å²) in [5, 5.41) is 4.13. The third-order valence-electron chi connectivity index (χ3n) is 4.82. The molecule has 2 heterocycles. The van der Waals surface area contributed by atoms with Gasteiger partial charge in [-0.25, -0.2) is 0 Å². The van der Waals surface area contributed by atoms with Crippen molar-refractivity contribution in [3.8, 4) is 11.4 Å². The number of nitrogens with zero attached hydrogens (tertiary/aromatic N) is 3. The second-order valence-corrected chi connectivity index (χ2v) is 6.85. The maximum atomic E-state index is 12.9. The van der Waals surface area contributed by atoms with Crippen LogP contribution in [0.15, 0.2) is 53.1 Å². The maximum absolute atomic E-state index is 12.9. The molecule has 1 fully saturated rings. The van der Waals surface area contributed by atoms with Crippen LogP contribution in [0.5, 0.6) is 0 Å². The van der Waals surface area contributed by atoms with E-state index in [0.717, 1.165) is 29.5 Å². The van der Waals surface area contributed by atoms with E-state index in [-0.39, 0.29) is 11.9 Å². The monoisotopic (exact) mass is 347 g/mol. The van der Waals surface area contributed by atoms with Crippen LogP contribution in [0.1, 0.15) is 46.3 Å². The van der Waals surface area contributed by atoms with Crippen molar-refractivity contribution >= 4 is 5.91 Å². The molecule has 1 aliphatic rings. The average molecular weight is 347 g/mol. The number of carbonyl (C=O) groups excluding carboxylic acids is 1. The van der Waals surface area contributed by atoms with Gasteiger partial charge in [-0.05, 0) is 44.9 Å². The Bertz CT molecular complexity index is 930. The zero-order valence-electron chi connectivity index (χ0n) is 15.0. The van der Waals surface area contributed by atoms with E-state index in [9.17, 15) is 4.79 Å². The number of rotatable bonds is 3. The Labute approximate surface area is 152 Å². The fourth-order valence-electron chi connectivity index (χ4n) is 3.40. The molecular formula is C21H21N3O2. The lowest BCUT2D eigenvalue weighted by molar-refractivity contribution is 0.0710. The molecular weight excluding hydrogens is 326 g/mol. The largest absolute Gasteiger partial charge is 0.337 e. The number of benzene rings is 2. The van der Waals surface area contributed by atoms with Gasteiger partial charge in [0, 0.05) is 17.7 Å². The first-order valence-corrected chi connectivity index (χ1v) is 8.90. The predicted molar refractivity (Wildman–Crippen MR) is 98.7 cm³/mol. The highest BCUT2D eigenvalue weighted by Crippen LogP contribution is 2.33. The molecule has 1 aliphatic heterocycles. The summed E-state index contributed by atoms with van der Waals surface area (Å²) in [4.78, 5) is 19.3. The van der Waals surface area contributed by atoms with Gasteiger partial charge in [0.1, 0.15) is 6.04 Å². The van der Waals surface area contributed by atoms with Crippen molar-refractivity contribution < 1.29 is 9.32 Å². The van der Waals surface area contributed by atoms with Gasteiger partial charge in [0.25, 0.3) is 5.91 Å². The molecule has 1 amide bonds. The number of amides is 1. The van der Waals surface area contributed by atoms with Gasteiger partial charge in [0.05, 0.1) is 0 Å². The minimum absolute atomic E-state index is 0.0165. The molecule has 0 radical (unpaired) electrons. The maximum Gasteiger partial charge on any atom is 0.254 e. The topological polar surface area (TPSA) is 59.2 Å². The lowest BCUT2D eigenvalue weighted by Crippen LogP contribution is -2.30. The van der Waals surface area contributed by atoms with Crippen LogP contribution < -0.4 is 0 Å². The first-order valence-electron chi connectivity index (χ1n) is 8.90. The number of aromatic nitrogens is 2. The number of carbonyl (C=O) groups is 1. The Balaban J connectivity index is 1.59. The molecule has 5 nitrogen and oxygen atoms in total. The van der Waals surface area contributed by atoms with Crippen molar-refractivity contribution in [2.75, 3.05) is 6.54 Å². The van der Waals surface area contributed by atoms with Crippen LogP contribution in [0.25, 0.3) is 11.4 Å². The molecule has 0 aliphatic carbocycles. The van der Waals surface area contributed by atoms with Gasteiger partial charge in [0.2, 0.25) is 11.7 Å². The molecule has 3 aromatic rings. The summed E-state index contributed by atoms with van der Waals surface area (Å²) in [7, 11) is 0. The SMILES string of the molecule is Cc1ccc(C(=O)N2CCC[C@H]2c2nc(-c3cccc(C)c3)no2)cc1. The summed E-state index contributed by atoms with van der Waals surface area (Å²) in [6, 6.07) is 15.5. The Hall–Kier alpha value is -2.95.